The maximum Gasteiger partial charge on any atom is 0.419 e. The van der Waals surface area contributed by atoms with Crippen LogP contribution in [-0.4, -0.2) is 49.1 Å². The third-order valence-corrected chi connectivity index (χ3v) is 6.93. The number of allylic oxidation sites excluding steroid dienone is 2. The minimum atomic E-state index is -4.43. The minimum absolute atomic E-state index is 0.113. The van der Waals surface area contributed by atoms with Gasteiger partial charge in [0.2, 0.25) is 0 Å². The summed E-state index contributed by atoms with van der Waals surface area (Å²) in [5, 5.41) is 0. The highest BCUT2D eigenvalue weighted by Crippen LogP contribution is 2.37. The zero-order chi connectivity index (χ0) is 25.7. The lowest BCUT2D eigenvalue weighted by Crippen LogP contribution is -2.41. The molecule has 2 aliphatic rings. The van der Waals surface area contributed by atoms with Crippen molar-refractivity contribution in [2.75, 3.05) is 39.3 Å². The Bertz CT molecular complexity index is 1070. The Morgan fingerprint density at radius 3 is 2.50 bits per heavy atom. The van der Waals surface area contributed by atoms with Crippen LogP contribution in [0.5, 0.6) is 5.75 Å². The zero-order valence-corrected chi connectivity index (χ0v) is 20.5. The molecule has 8 heteroatoms. The van der Waals surface area contributed by atoms with Crippen molar-refractivity contribution in [1.29, 1.82) is 0 Å². The first-order valence-corrected chi connectivity index (χ1v) is 12.4. The first-order valence-electron chi connectivity index (χ1n) is 12.4. The van der Waals surface area contributed by atoms with Crippen LogP contribution in [0.25, 0.3) is 0 Å². The van der Waals surface area contributed by atoms with Gasteiger partial charge in [0.05, 0.1) is 11.6 Å². The van der Waals surface area contributed by atoms with E-state index in [1.807, 2.05) is 12.2 Å². The van der Waals surface area contributed by atoms with Crippen molar-refractivity contribution in [3.05, 3.63) is 88.9 Å². The van der Waals surface area contributed by atoms with Gasteiger partial charge in [0.25, 0.3) is 0 Å². The molecule has 36 heavy (non-hydrogen) atoms. The molecular weight excluding hydrogens is 470 g/mol. The summed E-state index contributed by atoms with van der Waals surface area (Å²) in [7, 11) is 0. The van der Waals surface area contributed by atoms with Gasteiger partial charge in [-0.3, -0.25) is 4.90 Å². The van der Waals surface area contributed by atoms with Gasteiger partial charge in [-0.1, -0.05) is 35.9 Å². The van der Waals surface area contributed by atoms with Gasteiger partial charge < -0.3 is 15.4 Å². The average molecular weight is 504 g/mol. The predicted molar refractivity (Wildman–Crippen MR) is 133 cm³/mol. The Kier molecular flexibility index (Phi) is 8.36. The number of likely N-dealkylation sites (tertiary alicyclic amines) is 1. The number of nitrogens with two attached hydrogens (primary N) is 1. The first-order chi connectivity index (χ1) is 17.2. The highest BCUT2D eigenvalue weighted by molar-refractivity contribution is 5.39. The van der Waals surface area contributed by atoms with Crippen LogP contribution in [0.2, 0.25) is 0 Å². The van der Waals surface area contributed by atoms with Crippen LogP contribution in [0.15, 0.2) is 66.4 Å². The highest BCUT2D eigenvalue weighted by Gasteiger charge is 2.34. The van der Waals surface area contributed by atoms with Gasteiger partial charge in [0.15, 0.2) is 0 Å². The average Bonchev–Trinajstić information content (AvgIpc) is 2.86. The monoisotopic (exact) mass is 503 g/mol. The number of halogens is 4. The molecule has 0 bridgehead atoms. The topological polar surface area (TPSA) is 41.7 Å². The van der Waals surface area contributed by atoms with Crippen molar-refractivity contribution >= 4 is 0 Å². The second kappa shape index (κ2) is 11.5. The molecule has 194 valence electrons. The van der Waals surface area contributed by atoms with Gasteiger partial charge in [-0.05, 0) is 74.7 Å². The van der Waals surface area contributed by atoms with Crippen LogP contribution in [0, 0.1) is 18.7 Å². The molecule has 4 rings (SSSR count). The minimum Gasteiger partial charge on any atom is -0.492 e. The normalized spacial score (nSPS) is 18.3. The smallest absolute Gasteiger partial charge is 0.419 e. The van der Waals surface area contributed by atoms with Gasteiger partial charge >= 0.3 is 6.18 Å². The third kappa shape index (κ3) is 6.68. The summed E-state index contributed by atoms with van der Waals surface area (Å²) in [6.45, 7) is 5.86. The van der Waals surface area contributed by atoms with Crippen molar-refractivity contribution < 1.29 is 22.3 Å². The van der Waals surface area contributed by atoms with Gasteiger partial charge in [-0.15, -0.1) is 0 Å². The van der Waals surface area contributed by atoms with Gasteiger partial charge in [0, 0.05) is 25.3 Å². The van der Waals surface area contributed by atoms with Crippen LogP contribution in [-0.2, 0) is 6.18 Å². The number of hydrogen-bond donors (Lipinski definition) is 1. The van der Waals surface area contributed by atoms with Crippen molar-refractivity contribution in [2.45, 2.75) is 32.0 Å². The summed E-state index contributed by atoms with van der Waals surface area (Å²) in [4.78, 5) is 4.54. The van der Waals surface area contributed by atoms with E-state index in [0.717, 1.165) is 56.3 Å². The number of benzene rings is 2. The fourth-order valence-corrected chi connectivity index (χ4v) is 4.87. The number of ether oxygens (including phenoxy) is 1. The number of nitrogens with zero attached hydrogens (tertiary/aromatic N) is 2. The fraction of sp³-hybridized carbons (Fsp3) is 0.429. The van der Waals surface area contributed by atoms with E-state index in [4.69, 9.17) is 10.5 Å². The van der Waals surface area contributed by atoms with Gasteiger partial charge in [-0.2, -0.15) is 13.2 Å². The number of alkyl halides is 3. The molecule has 0 aromatic heterocycles. The molecule has 0 radical (unpaired) electrons. The molecule has 4 nitrogen and oxygen atoms in total. The third-order valence-electron chi connectivity index (χ3n) is 6.93. The molecule has 2 N–H and O–H groups in total. The van der Waals surface area contributed by atoms with E-state index in [1.54, 1.807) is 25.1 Å². The lowest BCUT2D eigenvalue weighted by Gasteiger charge is -2.38. The van der Waals surface area contributed by atoms with Crippen LogP contribution in [0.4, 0.5) is 17.6 Å². The Morgan fingerprint density at radius 2 is 1.81 bits per heavy atom. The van der Waals surface area contributed by atoms with E-state index in [0.29, 0.717) is 18.0 Å². The van der Waals surface area contributed by atoms with E-state index in [2.05, 4.69) is 15.9 Å². The second-order valence-corrected chi connectivity index (χ2v) is 9.58. The van der Waals surface area contributed by atoms with Crippen molar-refractivity contribution in [2.24, 2.45) is 11.7 Å². The Labute approximate surface area is 210 Å². The standard InChI is InChI=1S/C28H33F4N3O/c1-20-5-10-26(24(18-20)28(30,31)32)36-17-16-34-14-11-21(12-15-34)19-35-13-3-2-4-25(35)27(33)22-6-8-23(29)9-7-22/h2-10,18,21,27H,11-17,19,33H2,1H3/t27-/m0/s1. The lowest BCUT2D eigenvalue weighted by molar-refractivity contribution is -0.139. The first kappa shape index (κ1) is 26.2. The molecule has 2 aliphatic heterocycles. The lowest BCUT2D eigenvalue weighted by atomic mass is 9.94. The number of aryl methyl sites for hydroxylation is 1. The predicted octanol–water partition coefficient (Wildman–Crippen LogP) is 5.70. The summed E-state index contributed by atoms with van der Waals surface area (Å²) < 4.78 is 58.8. The molecule has 0 unspecified atom stereocenters. The molecule has 1 fully saturated rings. The van der Waals surface area contributed by atoms with E-state index < -0.39 is 11.7 Å². The number of rotatable bonds is 8. The summed E-state index contributed by atoms with van der Waals surface area (Å²) in [6.07, 6.45) is 3.71. The van der Waals surface area contributed by atoms with Crippen molar-refractivity contribution in [3.63, 3.8) is 0 Å². The zero-order valence-electron chi connectivity index (χ0n) is 20.5. The Morgan fingerprint density at radius 1 is 1.08 bits per heavy atom. The molecule has 2 aromatic carbocycles. The van der Waals surface area contributed by atoms with E-state index in [1.165, 1.54) is 18.2 Å². The molecule has 0 aliphatic carbocycles. The van der Waals surface area contributed by atoms with E-state index in [-0.39, 0.29) is 24.2 Å². The van der Waals surface area contributed by atoms with Crippen molar-refractivity contribution in [1.82, 2.24) is 9.80 Å². The number of hydrogen-bond acceptors (Lipinski definition) is 4. The van der Waals surface area contributed by atoms with Crippen LogP contribution in [0.1, 0.15) is 35.6 Å². The van der Waals surface area contributed by atoms with Crippen LogP contribution in [0.3, 0.4) is 0 Å². The van der Waals surface area contributed by atoms with E-state index in [9.17, 15) is 17.6 Å². The molecule has 0 amide bonds. The fourth-order valence-electron chi connectivity index (χ4n) is 4.87. The summed E-state index contributed by atoms with van der Waals surface area (Å²) in [5.74, 6) is 0.0986. The Balaban J connectivity index is 1.26. The van der Waals surface area contributed by atoms with Crippen LogP contribution >= 0.6 is 0 Å². The Hall–Kier alpha value is -2.84. The quantitative estimate of drug-likeness (QED) is 0.470. The maximum atomic E-state index is 13.3. The number of piperidine rings is 1. The summed E-state index contributed by atoms with van der Waals surface area (Å²) >= 11 is 0. The van der Waals surface area contributed by atoms with E-state index >= 15 is 0 Å². The maximum absolute atomic E-state index is 13.3. The molecule has 1 saturated heterocycles. The second-order valence-electron chi connectivity index (χ2n) is 9.58. The SMILES string of the molecule is Cc1ccc(OCCN2CCC(CN3CC=CC=C3[C@@H](N)c3ccc(F)cc3)CC2)c(C(F)(F)F)c1. The van der Waals surface area contributed by atoms with Gasteiger partial charge in [-0.25, -0.2) is 4.39 Å². The molecule has 0 saturated carbocycles. The van der Waals surface area contributed by atoms with Crippen LogP contribution < -0.4 is 10.5 Å². The molecule has 1 atom stereocenters. The summed E-state index contributed by atoms with van der Waals surface area (Å²) in [5.41, 5.74) is 8.26. The summed E-state index contributed by atoms with van der Waals surface area (Å²) in [6, 6.07) is 10.2. The molecule has 2 aromatic rings. The largest absolute Gasteiger partial charge is 0.492 e. The molecule has 0 spiro atoms. The van der Waals surface area contributed by atoms with Crippen molar-refractivity contribution in [3.8, 4) is 5.75 Å². The highest BCUT2D eigenvalue weighted by atomic mass is 19.4. The van der Waals surface area contributed by atoms with Gasteiger partial charge in [0.1, 0.15) is 18.2 Å². The molecular formula is C28H33F4N3O. The molecule has 2 heterocycles.